The minimum atomic E-state index is -0.115. The van der Waals surface area contributed by atoms with Crippen LogP contribution >= 0.6 is 46.3 Å². The summed E-state index contributed by atoms with van der Waals surface area (Å²) in [4.78, 5) is 22.2. The average molecular weight is 460 g/mol. The molecular formula is C21H15Cl2N3OS2. The molecule has 1 amide bonds. The Bertz CT molecular complexity index is 1190. The predicted octanol–water partition coefficient (Wildman–Crippen LogP) is 6.70. The van der Waals surface area contributed by atoms with Crippen LogP contribution in [0, 0.1) is 6.92 Å². The maximum absolute atomic E-state index is 12.5. The van der Waals surface area contributed by atoms with Crippen LogP contribution in [0.4, 0.5) is 5.69 Å². The van der Waals surface area contributed by atoms with E-state index in [-0.39, 0.29) is 11.7 Å². The number of amides is 1. The molecule has 0 spiro atoms. The number of anilines is 1. The second-order valence-electron chi connectivity index (χ2n) is 6.31. The smallest absolute Gasteiger partial charge is 0.234 e. The highest BCUT2D eigenvalue weighted by molar-refractivity contribution is 8.00. The Hall–Kier alpha value is -2.12. The Labute approximate surface area is 186 Å². The summed E-state index contributed by atoms with van der Waals surface area (Å²) in [6.07, 6.45) is 1.53. The molecule has 0 aliphatic heterocycles. The fourth-order valence-corrected chi connectivity index (χ4v) is 4.94. The Morgan fingerprint density at radius 2 is 1.86 bits per heavy atom. The van der Waals surface area contributed by atoms with Gasteiger partial charge in [-0.15, -0.1) is 11.3 Å². The lowest BCUT2D eigenvalue weighted by molar-refractivity contribution is -0.113. The van der Waals surface area contributed by atoms with E-state index < -0.39 is 0 Å². The molecule has 0 radical (unpaired) electrons. The van der Waals surface area contributed by atoms with E-state index in [1.807, 2.05) is 37.3 Å². The maximum Gasteiger partial charge on any atom is 0.234 e. The minimum absolute atomic E-state index is 0.115. The summed E-state index contributed by atoms with van der Waals surface area (Å²) >= 11 is 15.0. The van der Waals surface area contributed by atoms with Crippen molar-refractivity contribution in [1.29, 1.82) is 0 Å². The van der Waals surface area contributed by atoms with Gasteiger partial charge in [0.25, 0.3) is 0 Å². The van der Waals surface area contributed by atoms with Crippen LogP contribution in [-0.2, 0) is 4.79 Å². The number of rotatable bonds is 5. The van der Waals surface area contributed by atoms with Gasteiger partial charge >= 0.3 is 0 Å². The maximum atomic E-state index is 12.5. The monoisotopic (exact) mass is 459 g/mol. The highest BCUT2D eigenvalue weighted by Gasteiger charge is 2.15. The van der Waals surface area contributed by atoms with Gasteiger partial charge in [0, 0.05) is 26.7 Å². The molecule has 1 N–H and O–H groups in total. The summed E-state index contributed by atoms with van der Waals surface area (Å²) in [6, 6.07) is 13.1. The first-order valence-corrected chi connectivity index (χ1v) is 11.3. The van der Waals surface area contributed by atoms with E-state index in [2.05, 4.69) is 20.7 Å². The molecule has 146 valence electrons. The molecule has 0 fully saturated rings. The number of nitrogens with zero attached hydrogens (tertiary/aromatic N) is 2. The zero-order chi connectivity index (χ0) is 20.4. The third kappa shape index (κ3) is 4.56. The Morgan fingerprint density at radius 1 is 1.10 bits per heavy atom. The number of fused-ring (bicyclic) bond motifs is 1. The predicted molar refractivity (Wildman–Crippen MR) is 123 cm³/mol. The van der Waals surface area contributed by atoms with Crippen LogP contribution < -0.4 is 5.32 Å². The molecule has 4 nitrogen and oxygen atoms in total. The summed E-state index contributed by atoms with van der Waals surface area (Å²) in [6.45, 7) is 1.93. The second kappa shape index (κ2) is 8.71. The molecule has 4 aromatic rings. The van der Waals surface area contributed by atoms with E-state index in [4.69, 9.17) is 23.2 Å². The van der Waals surface area contributed by atoms with Crippen molar-refractivity contribution in [2.75, 3.05) is 11.1 Å². The van der Waals surface area contributed by atoms with Crippen molar-refractivity contribution in [2.24, 2.45) is 0 Å². The lowest BCUT2D eigenvalue weighted by Crippen LogP contribution is -2.15. The van der Waals surface area contributed by atoms with Gasteiger partial charge in [-0.25, -0.2) is 9.97 Å². The molecule has 0 atom stereocenters. The average Bonchev–Trinajstić information content (AvgIpc) is 3.14. The van der Waals surface area contributed by atoms with Crippen LogP contribution in [0.1, 0.15) is 5.56 Å². The molecule has 29 heavy (non-hydrogen) atoms. The largest absolute Gasteiger partial charge is 0.325 e. The second-order valence-corrected chi connectivity index (χ2v) is 9.01. The van der Waals surface area contributed by atoms with Crippen LogP contribution in [0.5, 0.6) is 0 Å². The molecule has 2 aromatic heterocycles. The first kappa shape index (κ1) is 20.2. The molecule has 0 unspecified atom stereocenters. The molecule has 8 heteroatoms. The summed E-state index contributed by atoms with van der Waals surface area (Å²) in [5.41, 5.74) is 3.75. The van der Waals surface area contributed by atoms with Crippen LogP contribution in [0.25, 0.3) is 21.3 Å². The van der Waals surface area contributed by atoms with Crippen molar-refractivity contribution >= 4 is 68.1 Å². The molecule has 2 heterocycles. The standard InChI is InChI=1S/C21H15Cl2N3OS2/c1-12-2-5-15(23)8-17(12)26-18(27)10-29-21-19-16(9-28-20(19)24-11-25-21)13-3-6-14(22)7-4-13/h2-9,11H,10H2,1H3,(H,26,27). The van der Waals surface area contributed by atoms with E-state index in [0.29, 0.717) is 15.7 Å². The number of benzene rings is 2. The van der Waals surface area contributed by atoms with Crippen molar-refractivity contribution in [3.63, 3.8) is 0 Å². The van der Waals surface area contributed by atoms with E-state index >= 15 is 0 Å². The summed E-state index contributed by atoms with van der Waals surface area (Å²) in [7, 11) is 0. The van der Waals surface area contributed by atoms with E-state index in [1.54, 1.807) is 23.5 Å². The molecule has 0 bridgehead atoms. The van der Waals surface area contributed by atoms with Gasteiger partial charge in [0.15, 0.2) is 0 Å². The molecule has 2 aromatic carbocycles. The zero-order valence-electron chi connectivity index (χ0n) is 15.3. The minimum Gasteiger partial charge on any atom is -0.325 e. The van der Waals surface area contributed by atoms with Gasteiger partial charge in [-0.3, -0.25) is 4.79 Å². The Morgan fingerprint density at radius 3 is 2.66 bits per heavy atom. The summed E-state index contributed by atoms with van der Waals surface area (Å²) < 4.78 is 0. The number of carbonyl (C=O) groups excluding carboxylic acids is 1. The highest BCUT2D eigenvalue weighted by Crippen LogP contribution is 2.38. The number of halogens is 2. The number of hydrogen-bond donors (Lipinski definition) is 1. The lowest BCUT2D eigenvalue weighted by atomic mass is 10.1. The van der Waals surface area contributed by atoms with Gasteiger partial charge in [0.2, 0.25) is 5.91 Å². The van der Waals surface area contributed by atoms with Crippen molar-refractivity contribution < 1.29 is 4.79 Å². The molecule has 0 saturated heterocycles. The fourth-order valence-electron chi connectivity index (χ4n) is 2.85. The molecule has 0 saturated carbocycles. The topological polar surface area (TPSA) is 54.9 Å². The van der Waals surface area contributed by atoms with Crippen LogP contribution in [0.15, 0.2) is 59.2 Å². The third-order valence-corrected chi connectivity index (χ3v) is 6.67. The number of aromatic nitrogens is 2. The van der Waals surface area contributed by atoms with Gasteiger partial charge in [-0.1, -0.05) is 53.2 Å². The van der Waals surface area contributed by atoms with Crippen molar-refractivity contribution in [2.45, 2.75) is 11.9 Å². The van der Waals surface area contributed by atoms with Gasteiger partial charge < -0.3 is 5.32 Å². The van der Waals surface area contributed by atoms with E-state index in [0.717, 1.165) is 31.9 Å². The van der Waals surface area contributed by atoms with Crippen LogP contribution in [0.2, 0.25) is 10.0 Å². The van der Waals surface area contributed by atoms with Gasteiger partial charge in [0.05, 0.1) is 11.1 Å². The Balaban J connectivity index is 1.56. The van der Waals surface area contributed by atoms with Crippen molar-refractivity contribution in [3.05, 3.63) is 69.8 Å². The van der Waals surface area contributed by atoms with Crippen molar-refractivity contribution in [3.8, 4) is 11.1 Å². The van der Waals surface area contributed by atoms with E-state index in [9.17, 15) is 4.79 Å². The Kier molecular flexibility index (Phi) is 6.06. The number of hydrogen-bond acceptors (Lipinski definition) is 5. The van der Waals surface area contributed by atoms with Crippen molar-refractivity contribution in [1.82, 2.24) is 9.97 Å². The van der Waals surface area contributed by atoms with E-state index in [1.165, 1.54) is 18.1 Å². The summed E-state index contributed by atoms with van der Waals surface area (Å²) in [5.74, 6) is 0.115. The van der Waals surface area contributed by atoms with Gasteiger partial charge in [-0.05, 0) is 42.3 Å². The van der Waals surface area contributed by atoms with Crippen LogP contribution in [0.3, 0.4) is 0 Å². The third-order valence-electron chi connectivity index (χ3n) is 4.30. The van der Waals surface area contributed by atoms with Gasteiger partial charge in [0.1, 0.15) is 16.2 Å². The summed E-state index contributed by atoms with van der Waals surface area (Å²) in [5, 5.41) is 7.98. The first-order valence-electron chi connectivity index (χ1n) is 8.68. The SMILES string of the molecule is Cc1ccc(Cl)cc1NC(=O)CSc1ncnc2scc(-c3ccc(Cl)cc3)c12. The zero-order valence-corrected chi connectivity index (χ0v) is 18.4. The fraction of sp³-hybridized carbons (Fsp3) is 0.0952. The first-order chi connectivity index (χ1) is 14.0. The highest BCUT2D eigenvalue weighted by atomic mass is 35.5. The normalized spacial score (nSPS) is 11.0. The number of thiophene rings is 1. The molecule has 0 aliphatic rings. The number of nitrogens with one attached hydrogen (secondary N) is 1. The molecular weight excluding hydrogens is 445 g/mol. The number of aryl methyl sites for hydroxylation is 1. The van der Waals surface area contributed by atoms with Gasteiger partial charge in [-0.2, -0.15) is 0 Å². The quantitative estimate of drug-likeness (QED) is 0.266. The molecule has 4 rings (SSSR count). The molecule has 0 aliphatic carbocycles. The lowest BCUT2D eigenvalue weighted by Gasteiger charge is -2.09. The number of thioether (sulfide) groups is 1. The number of carbonyl (C=O) groups is 1. The van der Waals surface area contributed by atoms with Crippen LogP contribution in [-0.4, -0.2) is 21.6 Å².